The third-order valence-electron chi connectivity index (χ3n) is 4.77. The fourth-order valence-electron chi connectivity index (χ4n) is 3.18. The van der Waals surface area contributed by atoms with E-state index in [-0.39, 0.29) is 5.91 Å². The molecule has 0 aliphatic carbocycles. The molecule has 1 atom stereocenters. The zero-order valence-electron chi connectivity index (χ0n) is 16.9. The van der Waals surface area contributed by atoms with Gasteiger partial charge in [-0.2, -0.15) is 5.10 Å². The SMILES string of the molecule is O=C(NCc1cccnc1)c1ccc(-c2cn[nH]c2)nc1NCCc1cccc(P)c1. The number of aromatic amines is 1. The molecule has 4 aromatic rings. The smallest absolute Gasteiger partial charge is 0.255 e. The van der Waals surface area contributed by atoms with Crippen molar-refractivity contribution in [3.05, 3.63) is 90.0 Å². The Kier molecular flexibility index (Phi) is 6.65. The molecule has 1 aromatic carbocycles. The molecule has 7 nitrogen and oxygen atoms in total. The van der Waals surface area contributed by atoms with Crippen molar-refractivity contribution in [2.75, 3.05) is 11.9 Å². The van der Waals surface area contributed by atoms with Gasteiger partial charge in [0.15, 0.2) is 0 Å². The highest BCUT2D eigenvalue weighted by Gasteiger charge is 2.15. The topological polar surface area (TPSA) is 95.6 Å². The quantitative estimate of drug-likeness (QED) is 0.374. The monoisotopic (exact) mass is 430 g/mol. The number of nitrogens with zero attached hydrogens (tertiary/aromatic N) is 3. The molecule has 3 heterocycles. The van der Waals surface area contributed by atoms with Gasteiger partial charge in [-0.05, 0) is 41.1 Å². The third kappa shape index (κ3) is 5.53. The van der Waals surface area contributed by atoms with Crippen LogP contribution >= 0.6 is 9.24 Å². The number of anilines is 1. The number of carbonyl (C=O) groups excluding carboxylic acids is 1. The molecule has 0 spiro atoms. The van der Waals surface area contributed by atoms with Gasteiger partial charge in [0.25, 0.3) is 5.91 Å². The van der Waals surface area contributed by atoms with E-state index in [1.165, 1.54) is 5.56 Å². The van der Waals surface area contributed by atoms with E-state index < -0.39 is 0 Å². The van der Waals surface area contributed by atoms with E-state index in [2.05, 4.69) is 47.2 Å². The molecular weight excluding hydrogens is 407 g/mol. The maximum absolute atomic E-state index is 12.9. The molecule has 4 rings (SSSR count). The average Bonchev–Trinajstić information content (AvgIpc) is 3.33. The van der Waals surface area contributed by atoms with Crippen LogP contribution in [0.3, 0.4) is 0 Å². The van der Waals surface area contributed by atoms with E-state index in [1.807, 2.05) is 30.3 Å². The lowest BCUT2D eigenvalue weighted by molar-refractivity contribution is 0.0951. The van der Waals surface area contributed by atoms with E-state index in [0.29, 0.717) is 24.5 Å². The highest BCUT2D eigenvalue weighted by Crippen LogP contribution is 2.21. The molecule has 0 radical (unpaired) electrons. The lowest BCUT2D eigenvalue weighted by Crippen LogP contribution is -2.24. The summed E-state index contributed by atoms with van der Waals surface area (Å²) in [7, 11) is 2.71. The number of hydrogen-bond acceptors (Lipinski definition) is 5. The van der Waals surface area contributed by atoms with Crippen molar-refractivity contribution in [2.45, 2.75) is 13.0 Å². The second-order valence-electron chi connectivity index (χ2n) is 7.05. The molecule has 3 aromatic heterocycles. The number of nitrogens with one attached hydrogen (secondary N) is 3. The molecule has 8 heteroatoms. The summed E-state index contributed by atoms with van der Waals surface area (Å²) >= 11 is 0. The number of amides is 1. The maximum atomic E-state index is 12.9. The molecule has 1 unspecified atom stereocenters. The fraction of sp³-hybridized carbons (Fsp3) is 0.130. The molecule has 0 fully saturated rings. The van der Waals surface area contributed by atoms with E-state index in [0.717, 1.165) is 28.5 Å². The van der Waals surface area contributed by atoms with E-state index in [1.54, 1.807) is 30.9 Å². The van der Waals surface area contributed by atoms with Crippen LogP contribution in [0.2, 0.25) is 0 Å². The zero-order valence-corrected chi connectivity index (χ0v) is 18.0. The first-order chi connectivity index (χ1) is 15.2. The first-order valence-electron chi connectivity index (χ1n) is 9.94. The number of pyridine rings is 2. The third-order valence-corrected chi connectivity index (χ3v) is 5.13. The van der Waals surface area contributed by atoms with Crippen LogP contribution in [-0.2, 0) is 13.0 Å². The first-order valence-corrected chi connectivity index (χ1v) is 10.5. The average molecular weight is 430 g/mol. The molecule has 0 bridgehead atoms. The highest BCUT2D eigenvalue weighted by atomic mass is 31.0. The lowest BCUT2D eigenvalue weighted by Gasteiger charge is -2.13. The van der Waals surface area contributed by atoms with Gasteiger partial charge in [0.05, 0.1) is 17.5 Å². The maximum Gasteiger partial charge on any atom is 0.255 e. The summed E-state index contributed by atoms with van der Waals surface area (Å²) in [6.45, 7) is 1.05. The van der Waals surface area contributed by atoms with Crippen molar-refractivity contribution >= 4 is 26.3 Å². The van der Waals surface area contributed by atoms with Crippen LogP contribution in [0.4, 0.5) is 5.82 Å². The lowest BCUT2D eigenvalue weighted by atomic mass is 10.1. The van der Waals surface area contributed by atoms with Crippen molar-refractivity contribution in [3.8, 4) is 11.3 Å². The van der Waals surface area contributed by atoms with Gasteiger partial charge < -0.3 is 10.6 Å². The number of H-pyrrole nitrogens is 1. The second-order valence-corrected chi connectivity index (χ2v) is 7.71. The Hall–Kier alpha value is -3.57. The van der Waals surface area contributed by atoms with Crippen LogP contribution in [0, 0.1) is 0 Å². The van der Waals surface area contributed by atoms with Crippen molar-refractivity contribution in [1.29, 1.82) is 0 Å². The molecule has 156 valence electrons. The van der Waals surface area contributed by atoms with Gasteiger partial charge in [0.1, 0.15) is 5.82 Å². The Morgan fingerprint density at radius 3 is 2.74 bits per heavy atom. The van der Waals surface area contributed by atoms with Crippen LogP contribution in [0.5, 0.6) is 0 Å². The molecule has 0 aliphatic heterocycles. The Morgan fingerprint density at radius 1 is 1.06 bits per heavy atom. The normalized spacial score (nSPS) is 10.6. The van der Waals surface area contributed by atoms with Crippen LogP contribution in [0.25, 0.3) is 11.3 Å². The molecule has 31 heavy (non-hydrogen) atoms. The summed E-state index contributed by atoms with van der Waals surface area (Å²) in [6, 6.07) is 15.7. The predicted molar refractivity (Wildman–Crippen MR) is 125 cm³/mol. The van der Waals surface area contributed by atoms with Gasteiger partial charge in [-0.1, -0.05) is 30.3 Å². The van der Waals surface area contributed by atoms with Crippen LogP contribution in [0.1, 0.15) is 21.5 Å². The number of hydrogen-bond donors (Lipinski definition) is 3. The summed E-state index contributed by atoms with van der Waals surface area (Å²) in [6.07, 6.45) is 7.74. The van der Waals surface area contributed by atoms with Crippen molar-refractivity contribution in [3.63, 3.8) is 0 Å². The molecule has 0 saturated heterocycles. The van der Waals surface area contributed by atoms with Gasteiger partial charge in [-0.25, -0.2) is 4.98 Å². The second kappa shape index (κ2) is 9.96. The summed E-state index contributed by atoms with van der Waals surface area (Å²) in [5.41, 5.74) is 4.25. The fourth-order valence-corrected chi connectivity index (χ4v) is 3.51. The van der Waals surface area contributed by atoms with E-state index >= 15 is 0 Å². The number of rotatable bonds is 8. The Labute approximate surface area is 182 Å². The standard InChI is InChI=1S/C23H23N6OP/c30-23(26-13-17-4-2-9-24-12-17)20-6-7-21(18-14-27-28-15-18)29-22(20)25-10-8-16-3-1-5-19(31)11-16/h1-7,9,11-12,14-15H,8,10,13,31H2,(H,25,29)(H,26,30)(H,27,28). The summed E-state index contributed by atoms with van der Waals surface area (Å²) in [5, 5.41) is 14.2. The highest BCUT2D eigenvalue weighted by molar-refractivity contribution is 7.27. The van der Waals surface area contributed by atoms with Gasteiger partial charge in [-0.15, -0.1) is 9.24 Å². The molecule has 0 saturated carbocycles. The van der Waals surface area contributed by atoms with Crippen molar-refractivity contribution in [2.24, 2.45) is 0 Å². The largest absolute Gasteiger partial charge is 0.369 e. The van der Waals surface area contributed by atoms with Gasteiger partial charge in [-0.3, -0.25) is 14.9 Å². The minimum absolute atomic E-state index is 0.190. The molecule has 1 amide bonds. The Bertz CT molecular complexity index is 1150. The van der Waals surface area contributed by atoms with Gasteiger partial charge >= 0.3 is 0 Å². The minimum atomic E-state index is -0.190. The summed E-state index contributed by atoms with van der Waals surface area (Å²) in [4.78, 5) is 21.7. The zero-order chi connectivity index (χ0) is 21.5. The summed E-state index contributed by atoms with van der Waals surface area (Å²) < 4.78 is 0. The Morgan fingerprint density at radius 2 is 1.97 bits per heavy atom. The van der Waals surface area contributed by atoms with E-state index in [9.17, 15) is 4.79 Å². The molecule has 3 N–H and O–H groups in total. The molecule has 0 aliphatic rings. The van der Waals surface area contributed by atoms with E-state index in [4.69, 9.17) is 4.98 Å². The van der Waals surface area contributed by atoms with Crippen LogP contribution < -0.4 is 15.9 Å². The number of carbonyl (C=O) groups is 1. The van der Waals surface area contributed by atoms with Crippen molar-refractivity contribution in [1.82, 2.24) is 25.5 Å². The first kappa shape index (κ1) is 20.7. The Balaban J connectivity index is 1.51. The molecular formula is C23H23N6OP. The van der Waals surface area contributed by atoms with Crippen LogP contribution in [0.15, 0.2) is 73.3 Å². The number of aromatic nitrogens is 4. The van der Waals surface area contributed by atoms with Gasteiger partial charge in [0.2, 0.25) is 0 Å². The minimum Gasteiger partial charge on any atom is -0.369 e. The van der Waals surface area contributed by atoms with Gasteiger partial charge in [0, 0.05) is 37.2 Å². The number of benzene rings is 1. The van der Waals surface area contributed by atoms with Crippen molar-refractivity contribution < 1.29 is 4.79 Å². The predicted octanol–water partition coefficient (Wildman–Crippen LogP) is 2.95. The van der Waals surface area contributed by atoms with Crippen LogP contribution in [-0.4, -0.2) is 32.6 Å². The summed E-state index contributed by atoms with van der Waals surface area (Å²) in [5.74, 6) is 0.356.